The van der Waals surface area contributed by atoms with Gasteiger partial charge in [-0.1, -0.05) is 245 Å². The van der Waals surface area contributed by atoms with Crippen molar-refractivity contribution in [3.05, 3.63) is 353 Å². The summed E-state index contributed by atoms with van der Waals surface area (Å²) < 4.78 is 18.8. The van der Waals surface area contributed by atoms with Gasteiger partial charge < -0.3 is 0 Å². The van der Waals surface area contributed by atoms with Crippen LogP contribution in [-0.2, 0) is 17.9 Å². The van der Waals surface area contributed by atoms with Crippen LogP contribution >= 0.6 is 0 Å². The molecule has 16 aromatic rings. The molecular formula is C99H106N8+4. The average Bonchev–Trinajstić information content (AvgIpc) is 1.63. The van der Waals surface area contributed by atoms with E-state index in [9.17, 15) is 0 Å². The number of rotatable bonds is 10. The van der Waals surface area contributed by atoms with Gasteiger partial charge in [-0.15, -0.1) is 0 Å². The summed E-state index contributed by atoms with van der Waals surface area (Å²) >= 11 is 0. The predicted molar refractivity (Wildman–Crippen MR) is 448 cm³/mol. The van der Waals surface area contributed by atoms with E-state index in [0.717, 1.165) is 0 Å². The van der Waals surface area contributed by atoms with E-state index in [1.165, 1.54) is 163 Å². The highest BCUT2D eigenvalue weighted by Crippen LogP contribution is 2.38. The molecule has 0 N–H and O–H groups in total. The molecule has 0 aliphatic rings. The summed E-state index contributed by atoms with van der Waals surface area (Å²) in [7, 11) is 2.14. The Balaban J connectivity index is 0.000000128. The summed E-state index contributed by atoms with van der Waals surface area (Å²) in [5, 5.41) is 0. The number of nitrogens with zero attached hydrogens (tertiary/aromatic N) is 8. The lowest BCUT2D eigenvalue weighted by molar-refractivity contribution is -0.652. The molecule has 0 radical (unpaired) electrons. The van der Waals surface area contributed by atoms with Gasteiger partial charge in [-0.05, 0) is 215 Å². The standard InChI is InChI=1S/C33H35N2.C25H27N2.C21H19N2.C20H25N2/c1-22(2)28-15-12-16-29(23(3)4)33(28)26-20-19-24(5)32(21-26)35-25(6)34(27-13-8-7-9-14-27)30-17-10-11-18-31(30)35;1-18-15-16-20(25(3,4)5)17-24(18)27-19(2)26(21-11-7-6-8-12-21)22-13-9-10-14-23(22)27;1-16-10-6-7-13-19(16)23-17(2)22(18-11-4-3-5-12-18)20-14-8-9-15-21(20)23;1-14-11-12-16(20(3,4)5)13-19(14)22-15(2)21(6)17-9-7-8-10-18(17)22/h7-23H,1-6H3;6-17H,1-5H3;3-15H,1-2H3;7-13H,1-6H3/q4*+1. The monoisotopic (exact) mass is 1410 g/mol. The van der Waals surface area contributed by atoms with Crippen molar-refractivity contribution in [2.45, 2.75) is 147 Å². The Bertz CT molecular complexity index is 5860. The van der Waals surface area contributed by atoms with E-state index in [0.29, 0.717) is 11.8 Å². The molecule has 0 saturated carbocycles. The first-order chi connectivity index (χ1) is 51.3. The number of aromatic nitrogens is 8. The summed E-state index contributed by atoms with van der Waals surface area (Å²) in [5.41, 5.74) is 32.1. The Morgan fingerprint density at radius 1 is 0.280 bits per heavy atom. The average molecular weight is 1410 g/mol. The summed E-state index contributed by atoms with van der Waals surface area (Å²) in [6.07, 6.45) is 0. The molecule has 8 nitrogen and oxygen atoms in total. The topological polar surface area (TPSA) is 35.2 Å². The van der Waals surface area contributed by atoms with Gasteiger partial charge in [0, 0.05) is 27.7 Å². The quantitative estimate of drug-likeness (QED) is 0.122. The molecule has 0 fully saturated rings. The van der Waals surface area contributed by atoms with E-state index in [-0.39, 0.29) is 10.8 Å². The molecule has 8 heteroatoms. The molecule has 0 unspecified atom stereocenters. The summed E-state index contributed by atoms with van der Waals surface area (Å²) in [6, 6.07) is 102. The number of benzene rings is 12. The van der Waals surface area contributed by atoms with Crippen LogP contribution in [0.5, 0.6) is 0 Å². The molecule has 0 bridgehead atoms. The first-order valence-corrected chi connectivity index (χ1v) is 38.1. The Hall–Kier alpha value is -11.5. The molecule has 4 aromatic heterocycles. The summed E-state index contributed by atoms with van der Waals surface area (Å²) in [6.45, 7) is 40.4. The van der Waals surface area contributed by atoms with E-state index in [1.54, 1.807) is 0 Å². The second kappa shape index (κ2) is 30.5. The molecule has 12 aromatic carbocycles. The fourth-order valence-electron chi connectivity index (χ4n) is 15.6. The fraction of sp³-hybridized carbons (Fsp3) is 0.232. The minimum atomic E-state index is 0.120. The predicted octanol–water partition coefficient (Wildman–Crippen LogP) is 23.2. The van der Waals surface area contributed by atoms with Crippen molar-refractivity contribution < 1.29 is 18.3 Å². The van der Waals surface area contributed by atoms with Crippen molar-refractivity contribution in [2.75, 3.05) is 0 Å². The molecule has 0 spiro atoms. The van der Waals surface area contributed by atoms with E-state index >= 15 is 0 Å². The molecular weight excluding hydrogens is 1300 g/mol. The van der Waals surface area contributed by atoms with Crippen LogP contribution in [0.25, 0.3) is 95.1 Å². The Labute approximate surface area is 635 Å². The maximum absolute atomic E-state index is 2.42. The summed E-state index contributed by atoms with van der Waals surface area (Å²) in [4.78, 5) is 0. The van der Waals surface area contributed by atoms with E-state index in [1.807, 2.05) is 0 Å². The zero-order chi connectivity index (χ0) is 75.8. The van der Waals surface area contributed by atoms with E-state index in [4.69, 9.17) is 0 Å². The van der Waals surface area contributed by atoms with Gasteiger partial charge in [0.1, 0.15) is 39.8 Å². The number of fused-ring (bicyclic) bond motifs is 4. The van der Waals surface area contributed by atoms with Crippen LogP contribution in [0, 0.1) is 55.4 Å². The van der Waals surface area contributed by atoms with Crippen molar-refractivity contribution in [1.82, 2.24) is 18.3 Å². The number of imidazole rings is 4. The fourth-order valence-corrected chi connectivity index (χ4v) is 15.6. The Kier molecular flexibility index (Phi) is 21.1. The summed E-state index contributed by atoms with van der Waals surface area (Å²) in [5.74, 6) is 5.77. The largest absolute Gasteiger partial charge is 0.264 e. The second-order valence-corrected chi connectivity index (χ2v) is 31.5. The van der Waals surface area contributed by atoms with Crippen molar-refractivity contribution in [2.24, 2.45) is 7.05 Å². The molecule has 0 aliphatic carbocycles. The lowest BCUT2D eigenvalue weighted by Crippen LogP contribution is -2.35. The molecule has 4 heterocycles. The molecule has 0 atom stereocenters. The van der Waals surface area contributed by atoms with Gasteiger partial charge in [-0.3, -0.25) is 0 Å². The highest BCUT2D eigenvalue weighted by Gasteiger charge is 2.31. The number of para-hydroxylation sites is 12. The lowest BCUT2D eigenvalue weighted by atomic mass is 9.84. The molecule has 0 aliphatic heterocycles. The maximum atomic E-state index is 2.42. The van der Waals surface area contributed by atoms with Crippen LogP contribution in [0.1, 0.15) is 149 Å². The Morgan fingerprint density at radius 3 is 1.04 bits per heavy atom. The van der Waals surface area contributed by atoms with Crippen LogP contribution < -0.4 is 18.3 Å². The number of aryl methyl sites for hydroxylation is 5. The third kappa shape index (κ3) is 14.5. The zero-order valence-electron chi connectivity index (χ0n) is 66.4. The highest BCUT2D eigenvalue weighted by molar-refractivity contribution is 5.80. The molecule has 0 amide bonds. The maximum Gasteiger partial charge on any atom is 0.264 e. The molecule has 16 rings (SSSR count). The highest BCUT2D eigenvalue weighted by atomic mass is 15.2. The minimum absolute atomic E-state index is 0.120. The van der Waals surface area contributed by atoms with Crippen LogP contribution in [0.15, 0.2) is 285 Å². The van der Waals surface area contributed by atoms with Crippen LogP contribution in [0.4, 0.5) is 0 Å². The SMILES string of the molecule is Cc1ccc(-c2c(C(C)C)cccc2C(C)C)cc1-[n+]1c(C)n(-c2ccccc2)c2ccccc21.Cc1ccc(C(C)(C)C)cc1-[n+]1c(C)n(-c2ccccc2)c2ccccc21.Cc1ccc(C(C)(C)C)cc1-n1c(C)[n+](C)c2ccccc21.Cc1ccccc1-[n+]1c(C)n(-c2ccccc2)c2ccccc21. The van der Waals surface area contributed by atoms with Gasteiger partial charge in [-0.2, -0.15) is 32.0 Å². The van der Waals surface area contributed by atoms with Crippen molar-refractivity contribution in [3.63, 3.8) is 0 Å². The number of hydrogen-bond acceptors (Lipinski definition) is 0. The molecule has 107 heavy (non-hydrogen) atoms. The number of hydrogen-bond donors (Lipinski definition) is 0. The second-order valence-electron chi connectivity index (χ2n) is 31.5. The van der Waals surface area contributed by atoms with Gasteiger partial charge >= 0.3 is 0 Å². The normalized spacial score (nSPS) is 11.7. The first kappa shape index (κ1) is 73.8. The minimum Gasteiger partial charge on any atom is -0.230 e. The van der Waals surface area contributed by atoms with Gasteiger partial charge in [0.25, 0.3) is 23.3 Å². The Morgan fingerprint density at radius 2 is 0.617 bits per heavy atom. The first-order valence-electron chi connectivity index (χ1n) is 38.1. The van der Waals surface area contributed by atoms with Crippen molar-refractivity contribution in [1.29, 1.82) is 0 Å². The smallest absolute Gasteiger partial charge is 0.230 e. The third-order valence-corrected chi connectivity index (χ3v) is 21.5. The van der Waals surface area contributed by atoms with Crippen LogP contribution in [-0.4, -0.2) is 18.3 Å². The van der Waals surface area contributed by atoms with E-state index in [2.05, 4.69) is 453 Å². The van der Waals surface area contributed by atoms with Gasteiger partial charge in [0.2, 0.25) is 0 Å². The van der Waals surface area contributed by atoms with Crippen molar-refractivity contribution in [3.8, 4) is 50.9 Å². The van der Waals surface area contributed by atoms with Gasteiger partial charge in [0.05, 0.1) is 7.05 Å². The van der Waals surface area contributed by atoms with Gasteiger partial charge in [0.15, 0.2) is 44.1 Å². The lowest BCUT2D eigenvalue weighted by Gasteiger charge is -2.20. The zero-order valence-corrected chi connectivity index (χ0v) is 66.4. The van der Waals surface area contributed by atoms with Gasteiger partial charge in [-0.25, -0.2) is 4.57 Å². The van der Waals surface area contributed by atoms with E-state index < -0.39 is 0 Å². The van der Waals surface area contributed by atoms with Crippen LogP contribution in [0.2, 0.25) is 0 Å². The molecule has 0 saturated heterocycles. The third-order valence-electron chi connectivity index (χ3n) is 21.5. The van der Waals surface area contributed by atoms with Crippen LogP contribution in [0.3, 0.4) is 0 Å². The van der Waals surface area contributed by atoms with Crippen molar-refractivity contribution >= 4 is 44.1 Å². The molecule has 538 valence electrons.